The fourth-order valence-electron chi connectivity index (χ4n) is 9.81. The highest BCUT2D eigenvalue weighted by molar-refractivity contribution is 5.46. The van der Waals surface area contributed by atoms with E-state index in [1.807, 2.05) is 0 Å². The number of rotatable bonds is 7. The van der Waals surface area contributed by atoms with E-state index in [0.29, 0.717) is 23.2 Å². The van der Waals surface area contributed by atoms with Gasteiger partial charge in [-0.05, 0) is 111 Å². The first-order valence-corrected chi connectivity index (χ1v) is 15.8. The van der Waals surface area contributed by atoms with Crippen molar-refractivity contribution in [3.63, 3.8) is 0 Å². The molecule has 39 heavy (non-hydrogen) atoms. The van der Waals surface area contributed by atoms with Crippen molar-refractivity contribution in [3.8, 4) is 0 Å². The Balaban J connectivity index is 1.53. The van der Waals surface area contributed by atoms with E-state index in [2.05, 4.69) is 121 Å². The molecule has 3 aromatic rings. The molecular formula is C39H50. The molecule has 206 valence electrons. The third-order valence-corrected chi connectivity index (χ3v) is 11.5. The van der Waals surface area contributed by atoms with Gasteiger partial charge < -0.3 is 0 Å². The molecule has 0 unspecified atom stereocenters. The summed E-state index contributed by atoms with van der Waals surface area (Å²) in [6, 6.07) is 29.8. The topological polar surface area (TPSA) is 0 Å². The molecule has 0 nitrogen and oxygen atoms in total. The van der Waals surface area contributed by atoms with E-state index in [0.717, 1.165) is 0 Å². The second-order valence-corrected chi connectivity index (χ2v) is 15.1. The van der Waals surface area contributed by atoms with Gasteiger partial charge in [-0.15, -0.1) is 0 Å². The molecule has 0 aliphatic heterocycles. The van der Waals surface area contributed by atoms with Gasteiger partial charge in [0.15, 0.2) is 0 Å². The van der Waals surface area contributed by atoms with Gasteiger partial charge in [0, 0.05) is 0 Å². The third-order valence-electron chi connectivity index (χ3n) is 11.5. The second-order valence-electron chi connectivity index (χ2n) is 15.1. The standard InChI is InChI=1S/C39H50/c1-8-36-21-37(33-15-9-30(10-16-33)27(2)3)24-38(22-36,34-17-11-31(12-18-34)28(4)5)26-39(23-36,25-37)35-19-13-32(14-20-35)29(6)7/h9-20,27-29H,8,21-26H2,1-7H3. The Morgan fingerprint density at radius 3 is 0.897 bits per heavy atom. The van der Waals surface area contributed by atoms with Crippen molar-refractivity contribution in [2.24, 2.45) is 5.41 Å². The summed E-state index contributed by atoms with van der Waals surface area (Å²) in [5, 5.41) is 0. The Labute approximate surface area is 238 Å². The van der Waals surface area contributed by atoms with E-state index in [4.69, 9.17) is 0 Å². The highest BCUT2D eigenvalue weighted by Gasteiger charge is 2.68. The van der Waals surface area contributed by atoms with E-state index >= 15 is 0 Å². The van der Waals surface area contributed by atoms with E-state index in [9.17, 15) is 0 Å². The summed E-state index contributed by atoms with van der Waals surface area (Å²) < 4.78 is 0. The maximum absolute atomic E-state index is 2.52. The van der Waals surface area contributed by atoms with Gasteiger partial charge in [0.25, 0.3) is 0 Å². The van der Waals surface area contributed by atoms with Crippen LogP contribution in [0.5, 0.6) is 0 Å². The zero-order valence-corrected chi connectivity index (χ0v) is 25.6. The molecule has 0 aromatic heterocycles. The summed E-state index contributed by atoms with van der Waals surface area (Å²) in [4.78, 5) is 0. The lowest BCUT2D eigenvalue weighted by Crippen LogP contribution is -2.65. The van der Waals surface area contributed by atoms with Gasteiger partial charge in [-0.25, -0.2) is 0 Å². The molecule has 7 rings (SSSR count). The molecule has 0 radical (unpaired) electrons. The molecular weight excluding hydrogens is 468 g/mol. The van der Waals surface area contributed by atoms with Crippen molar-refractivity contribution in [1.29, 1.82) is 0 Å². The molecule has 0 N–H and O–H groups in total. The maximum atomic E-state index is 2.52. The van der Waals surface area contributed by atoms with Crippen LogP contribution < -0.4 is 0 Å². The Kier molecular flexibility index (Phi) is 6.45. The smallest absolute Gasteiger partial charge is 0.00247 e. The fraction of sp³-hybridized carbons (Fsp3) is 0.538. The lowest BCUT2D eigenvalue weighted by Gasteiger charge is -2.71. The van der Waals surface area contributed by atoms with Gasteiger partial charge in [-0.2, -0.15) is 0 Å². The van der Waals surface area contributed by atoms with Crippen LogP contribution >= 0.6 is 0 Å². The quantitative estimate of drug-likeness (QED) is 0.292. The Bertz CT molecular complexity index is 1130. The molecule has 4 saturated carbocycles. The SMILES string of the molecule is CCC12CC3(c4ccc(C(C)C)cc4)CC(c4ccc(C(C)C)cc4)(C1)CC(c1ccc(C(C)C)cc1)(C2)C3. The molecule has 0 saturated heterocycles. The minimum Gasteiger partial charge on any atom is -0.0649 e. The van der Waals surface area contributed by atoms with Gasteiger partial charge in [0.1, 0.15) is 0 Å². The fourth-order valence-corrected chi connectivity index (χ4v) is 9.81. The molecule has 4 fully saturated rings. The highest BCUT2D eigenvalue weighted by Crippen LogP contribution is 2.75. The van der Waals surface area contributed by atoms with Gasteiger partial charge in [0.05, 0.1) is 0 Å². The number of benzene rings is 3. The molecule has 0 heteroatoms. The summed E-state index contributed by atoms with van der Waals surface area (Å²) >= 11 is 0. The molecule has 0 atom stereocenters. The van der Waals surface area contributed by atoms with Crippen molar-refractivity contribution in [2.75, 3.05) is 0 Å². The summed E-state index contributed by atoms with van der Waals surface area (Å²) in [7, 11) is 0. The van der Waals surface area contributed by atoms with Crippen LogP contribution in [-0.4, -0.2) is 0 Å². The van der Waals surface area contributed by atoms with Crippen molar-refractivity contribution < 1.29 is 0 Å². The van der Waals surface area contributed by atoms with Gasteiger partial charge in [-0.3, -0.25) is 0 Å². The number of hydrogen-bond donors (Lipinski definition) is 0. The zero-order chi connectivity index (χ0) is 27.6. The van der Waals surface area contributed by atoms with Crippen molar-refractivity contribution >= 4 is 0 Å². The zero-order valence-electron chi connectivity index (χ0n) is 25.6. The van der Waals surface area contributed by atoms with Crippen LogP contribution in [0.4, 0.5) is 0 Å². The molecule has 0 amide bonds. The number of hydrogen-bond acceptors (Lipinski definition) is 0. The van der Waals surface area contributed by atoms with Gasteiger partial charge in [0.2, 0.25) is 0 Å². The maximum Gasteiger partial charge on any atom is -0.00247 e. The average molecular weight is 519 g/mol. The monoisotopic (exact) mass is 518 g/mol. The van der Waals surface area contributed by atoms with E-state index < -0.39 is 0 Å². The summed E-state index contributed by atoms with van der Waals surface area (Å²) in [6.07, 6.45) is 9.26. The third kappa shape index (κ3) is 4.32. The van der Waals surface area contributed by atoms with Crippen molar-refractivity contribution in [3.05, 3.63) is 106 Å². The molecule has 4 aliphatic carbocycles. The first-order chi connectivity index (χ1) is 18.5. The Hall–Kier alpha value is -2.34. The molecule has 4 bridgehead atoms. The molecule has 3 aromatic carbocycles. The lowest BCUT2D eigenvalue weighted by atomic mass is 9.32. The van der Waals surface area contributed by atoms with E-state index in [-0.39, 0.29) is 16.2 Å². The van der Waals surface area contributed by atoms with Crippen LogP contribution in [0.1, 0.15) is 145 Å². The van der Waals surface area contributed by atoms with E-state index in [1.165, 1.54) is 61.6 Å². The van der Waals surface area contributed by atoms with Gasteiger partial charge >= 0.3 is 0 Å². The van der Waals surface area contributed by atoms with Crippen LogP contribution in [0.15, 0.2) is 72.8 Å². The van der Waals surface area contributed by atoms with E-state index in [1.54, 1.807) is 16.7 Å². The van der Waals surface area contributed by atoms with Crippen LogP contribution in [0.25, 0.3) is 0 Å². The molecule has 0 spiro atoms. The summed E-state index contributed by atoms with van der Waals surface area (Å²) in [5.74, 6) is 1.73. The first-order valence-electron chi connectivity index (χ1n) is 15.8. The summed E-state index contributed by atoms with van der Waals surface area (Å²) in [5.41, 5.74) is 10.3. The summed E-state index contributed by atoms with van der Waals surface area (Å²) in [6.45, 7) is 16.4. The Morgan fingerprint density at radius 2 is 0.692 bits per heavy atom. The van der Waals surface area contributed by atoms with Crippen LogP contribution in [0.2, 0.25) is 0 Å². The lowest BCUT2D eigenvalue weighted by molar-refractivity contribution is -0.109. The largest absolute Gasteiger partial charge is 0.0649 e. The van der Waals surface area contributed by atoms with Crippen LogP contribution in [-0.2, 0) is 16.2 Å². The predicted octanol–water partition coefficient (Wildman–Crippen LogP) is 10.9. The average Bonchev–Trinajstić information content (AvgIpc) is 2.92. The first kappa shape index (κ1) is 26.9. The van der Waals surface area contributed by atoms with Gasteiger partial charge in [-0.1, -0.05) is 128 Å². The second kappa shape index (κ2) is 9.36. The highest BCUT2D eigenvalue weighted by atomic mass is 14.7. The van der Waals surface area contributed by atoms with Crippen molar-refractivity contribution in [2.45, 2.75) is 127 Å². The molecule has 4 aliphatic rings. The predicted molar refractivity (Wildman–Crippen MR) is 167 cm³/mol. The molecule has 0 heterocycles. The van der Waals surface area contributed by atoms with Crippen LogP contribution in [0.3, 0.4) is 0 Å². The van der Waals surface area contributed by atoms with Crippen LogP contribution in [0, 0.1) is 5.41 Å². The minimum absolute atomic E-state index is 0.244. The normalized spacial score (nSPS) is 31.5. The van der Waals surface area contributed by atoms with Crippen molar-refractivity contribution in [1.82, 2.24) is 0 Å². The minimum atomic E-state index is 0.244. The Morgan fingerprint density at radius 1 is 0.436 bits per heavy atom.